The maximum absolute atomic E-state index is 12.0. The van der Waals surface area contributed by atoms with Crippen molar-refractivity contribution >= 4 is 23.3 Å². The number of alkyl halides is 1. The van der Waals surface area contributed by atoms with E-state index in [9.17, 15) is 4.79 Å². The molecule has 1 aromatic carbocycles. The number of rotatable bonds is 4. The van der Waals surface area contributed by atoms with Crippen LogP contribution in [0, 0.1) is 0 Å². The third kappa shape index (κ3) is 3.61. The van der Waals surface area contributed by atoms with Crippen LogP contribution < -0.4 is 4.90 Å². The van der Waals surface area contributed by atoms with Gasteiger partial charge in [0, 0.05) is 37.2 Å². The Bertz CT molecular complexity index is 764. The van der Waals surface area contributed by atoms with E-state index in [-0.39, 0.29) is 11.8 Å². The molecule has 2 heterocycles. The predicted octanol–water partition coefficient (Wildman–Crippen LogP) is 3.11. The first kappa shape index (κ1) is 17.7. The zero-order valence-corrected chi connectivity index (χ0v) is 15.6. The van der Waals surface area contributed by atoms with Crippen molar-refractivity contribution in [3.05, 3.63) is 41.6 Å². The van der Waals surface area contributed by atoms with E-state index in [2.05, 4.69) is 18.7 Å². The average Bonchev–Trinajstić information content (AvgIpc) is 2.66. The van der Waals surface area contributed by atoms with Crippen molar-refractivity contribution in [2.75, 3.05) is 24.4 Å². The molecule has 0 spiro atoms. The largest absolute Gasteiger partial charge is 0.357 e. The minimum atomic E-state index is -0.0439. The highest BCUT2D eigenvalue weighted by Gasteiger charge is 2.27. The summed E-state index contributed by atoms with van der Waals surface area (Å²) in [6.45, 7) is 5.42. The Hall–Kier alpha value is -2.14. The second kappa shape index (κ2) is 7.40. The lowest BCUT2D eigenvalue weighted by molar-refractivity contribution is -0.129. The van der Waals surface area contributed by atoms with Gasteiger partial charge in [0.05, 0.1) is 12.2 Å². The van der Waals surface area contributed by atoms with Gasteiger partial charge in [-0.3, -0.25) is 4.79 Å². The number of anilines is 1. The van der Waals surface area contributed by atoms with E-state index in [1.54, 1.807) is 4.90 Å². The first-order valence-electron chi connectivity index (χ1n) is 8.53. The van der Waals surface area contributed by atoms with E-state index >= 15 is 0 Å². The highest BCUT2D eigenvalue weighted by molar-refractivity contribution is 6.27. The molecular formula is C19H23ClN4O. The molecule has 0 saturated carbocycles. The van der Waals surface area contributed by atoms with Gasteiger partial charge in [0.2, 0.25) is 5.91 Å². The summed E-state index contributed by atoms with van der Waals surface area (Å²) < 4.78 is 0. The first-order chi connectivity index (χ1) is 12.0. The summed E-state index contributed by atoms with van der Waals surface area (Å²) in [5.74, 6) is 1.59. The summed E-state index contributed by atoms with van der Waals surface area (Å²) in [7, 11) is 2.03. The van der Waals surface area contributed by atoms with Gasteiger partial charge in [-0.1, -0.05) is 30.3 Å². The van der Waals surface area contributed by atoms with Crippen LogP contribution >= 0.6 is 11.6 Å². The SMILES string of the molecule is CC(C)N(C)c1nc(-c2ccccc2)nc2c1CN(C(=O)CCl)CC2. The Labute approximate surface area is 153 Å². The summed E-state index contributed by atoms with van der Waals surface area (Å²) in [5.41, 5.74) is 3.05. The fraction of sp³-hybridized carbons (Fsp3) is 0.421. The fourth-order valence-corrected chi connectivity index (χ4v) is 3.12. The van der Waals surface area contributed by atoms with Crippen molar-refractivity contribution in [1.29, 1.82) is 0 Å². The van der Waals surface area contributed by atoms with Crippen molar-refractivity contribution in [2.24, 2.45) is 0 Å². The molecule has 0 aliphatic carbocycles. The molecule has 0 unspecified atom stereocenters. The van der Waals surface area contributed by atoms with Gasteiger partial charge in [-0.05, 0) is 13.8 Å². The quantitative estimate of drug-likeness (QED) is 0.788. The first-order valence-corrected chi connectivity index (χ1v) is 9.06. The minimum absolute atomic E-state index is 0.00758. The van der Waals surface area contributed by atoms with Crippen molar-refractivity contribution < 1.29 is 4.79 Å². The van der Waals surface area contributed by atoms with Gasteiger partial charge >= 0.3 is 0 Å². The van der Waals surface area contributed by atoms with Gasteiger partial charge in [0.25, 0.3) is 0 Å². The second-order valence-corrected chi connectivity index (χ2v) is 6.83. The number of carbonyl (C=O) groups is 1. The van der Waals surface area contributed by atoms with Gasteiger partial charge in [0.15, 0.2) is 5.82 Å². The van der Waals surface area contributed by atoms with Gasteiger partial charge < -0.3 is 9.80 Å². The molecule has 25 heavy (non-hydrogen) atoms. The number of halogens is 1. The normalized spacial score (nSPS) is 13.7. The van der Waals surface area contributed by atoms with Gasteiger partial charge in [0.1, 0.15) is 11.7 Å². The van der Waals surface area contributed by atoms with Crippen LogP contribution in [0.1, 0.15) is 25.1 Å². The molecule has 2 aromatic rings. The van der Waals surface area contributed by atoms with Crippen LogP contribution in [0.5, 0.6) is 0 Å². The van der Waals surface area contributed by atoms with E-state index in [0.29, 0.717) is 19.1 Å². The molecule has 1 aromatic heterocycles. The Balaban J connectivity index is 2.08. The zero-order chi connectivity index (χ0) is 18.0. The van der Waals surface area contributed by atoms with E-state index in [0.717, 1.165) is 34.9 Å². The smallest absolute Gasteiger partial charge is 0.237 e. The van der Waals surface area contributed by atoms with Crippen molar-refractivity contribution in [1.82, 2.24) is 14.9 Å². The summed E-state index contributed by atoms with van der Waals surface area (Å²) >= 11 is 5.74. The number of nitrogens with zero attached hydrogens (tertiary/aromatic N) is 4. The fourth-order valence-electron chi connectivity index (χ4n) is 2.95. The van der Waals surface area contributed by atoms with Crippen molar-refractivity contribution in [3.8, 4) is 11.4 Å². The molecule has 0 atom stereocenters. The van der Waals surface area contributed by atoms with Gasteiger partial charge in [-0.15, -0.1) is 11.6 Å². The highest BCUT2D eigenvalue weighted by Crippen LogP contribution is 2.30. The molecule has 0 saturated heterocycles. The molecule has 0 bridgehead atoms. The third-order valence-electron chi connectivity index (χ3n) is 4.65. The summed E-state index contributed by atoms with van der Waals surface area (Å²) in [5, 5.41) is 0. The van der Waals surface area contributed by atoms with Crippen LogP contribution in [0.25, 0.3) is 11.4 Å². The van der Waals surface area contributed by atoms with E-state index in [1.165, 1.54) is 0 Å². The van der Waals surface area contributed by atoms with Gasteiger partial charge in [-0.2, -0.15) is 0 Å². The summed E-state index contributed by atoms with van der Waals surface area (Å²) in [4.78, 5) is 25.6. The Kier molecular flexibility index (Phi) is 5.23. The van der Waals surface area contributed by atoms with E-state index < -0.39 is 0 Å². The van der Waals surface area contributed by atoms with Crippen molar-refractivity contribution in [3.63, 3.8) is 0 Å². The highest BCUT2D eigenvalue weighted by atomic mass is 35.5. The Morgan fingerprint density at radius 1 is 1.28 bits per heavy atom. The van der Waals surface area contributed by atoms with Crippen LogP contribution in [0.4, 0.5) is 5.82 Å². The maximum Gasteiger partial charge on any atom is 0.237 e. The molecule has 5 nitrogen and oxygen atoms in total. The lowest BCUT2D eigenvalue weighted by Gasteiger charge is -2.33. The number of hydrogen-bond donors (Lipinski definition) is 0. The van der Waals surface area contributed by atoms with E-state index in [4.69, 9.17) is 21.6 Å². The maximum atomic E-state index is 12.0. The average molecular weight is 359 g/mol. The summed E-state index contributed by atoms with van der Waals surface area (Å²) in [6.07, 6.45) is 0.721. The molecular weight excluding hydrogens is 336 g/mol. The molecule has 1 aliphatic rings. The predicted molar refractivity (Wildman–Crippen MR) is 101 cm³/mol. The number of carbonyl (C=O) groups excluding carboxylic acids is 1. The van der Waals surface area contributed by atoms with Crippen LogP contribution in [0.15, 0.2) is 30.3 Å². The molecule has 132 valence electrons. The monoisotopic (exact) mass is 358 g/mol. The Morgan fingerprint density at radius 3 is 2.64 bits per heavy atom. The molecule has 0 fully saturated rings. The van der Waals surface area contributed by atoms with Gasteiger partial charge in [-0.25, -0.2) is 9.97 Å². The topological polar surface area (TPSA) is 49.3 Å². The molecule has 3 rings (SSSR count). The Morgan fingerprint density at radius 2 is 2.00 bits per heavy atom. The second-order valence-electron chi connectivity index (χ2n) is 6.57. The lowest BCUT2D eigenvalue weighted by atomic mass is 10.0. The summed E-state index contributed by atoms with van der Waals surface area (Å²) in [6, 6.07) is 10.3. The number of fused-ring (bicyclic) bond motifs is 1. The van der Waals surface area contributed by atoms with Crippen molar-refractivity contribution in [2.45, 2.75) is 32.9 Å². The van der Waals surface area contributed by atoms with Crippen LogP contribution in [-0.4, -0.2) is 46.3 Å². The van der Waals surface area contributed by atoms with E-state index in [1.807, 2.05) is 37.4 Å². The number of benzene rings is 1. The number of hydrogen-bond acceptors (Lipinski definition) is 4. The standard InChI is InChI=1S/C19H23ClN4O/c1-13(2)23(3)19-15-12-24(17(25)11-20)10-9-16(15)21-18(22-19)14-7-5-4-6-8-14/h4-8,13H,9-12H2,1-3H3. The molecule has 0 N–H and O–H groups in total. The minimum Gasteiger partial charge on any atom is -0.357 e. The molecule has 1 aliphatic heterocycles. The van der Waals surface area contributed by atoms with Crippen LogP contribution in [0.3, 0.4) is 0 Å². The third-order valence-corrected chi connectivity index (χ3v) is 4.87. The molecule has 6 heteroatoms. The van der Waals surface area contributed by atoms with Crippen LogP contribution in [-0.2, 0) is 17.8 Å². The van der Waals surface area contributed by atoms with Crippen LogP contribution in [0.2, 0.25) is 0 Å². The molecule has 1 amide bonds. The zero-order valence-electron chi connectivity index (χ0n) is 14.9. The number of aromatic nitrogens is 2. The lowest BCUT2D eigenvalue weighted by Crippen LogP contribution is -2.39. The molecule has 0 radical (unpaired) electrons. The number of amides is 1.